The molecule has 2 rings (SSSR count). The van der Waals surface area contributed by atoms with Crippen molar-refractivity contribution in [3.63, 3.8) is 0 Å². The van der Waals surface area contributed by atoms with Gasteiger partial charge in [0.2, 0.25) is 11.8 Å². The number of nitrogens with one attached hydrogen (secondary N) is 1. The summed E-state index contributed by atoms with van der Waals surface area (Å²) in [5.41, 5.74) is 1.22. The first kappa shape index (κ1) is 20.5. The lowest BCUT2D eigenvalue weighted by Crippen LogP contribution is -2.44. The molecule has 1 N–H and O–H groups in total. The van der Waals surface area contributed by atoms with Gasteiger partial charge in [-0.25, -0.2) is 0 Å². The fraction of sp³-hybridized carbons (Fsp3) is 0.636. The molecule has 1 aliphatic carbocycles. The number of benzene rings is 1. The Balaban J connectivity index is 1.78. The van der Waals surface area contributed by atoms with E-state index in [-0.39, 0.29) is 23.8 Å². The van der Waals surface area contributed by atoms with Gasteiger partial charge in [-0.15, -0.1) is 0 Å². The predicted molar refractivity (Wildman–Crippen MR) is 106 cm³/mol. The van der Waals surface area contributed by atoms with Crippen molar-refractivity contribution < 1.29 is 9.59 Å². The first-order valence-electron chi connectivity index (χ1n) is 10.2. The molecular formula is C22H34N2O2. The van der Waals surface area contributed by atoms with E-state index < -0.39 is 0 Å². The summed E-state index contributed by atoms with van der Waals surface area (Å²) in [5.74, 6) is 0.459. The molecule has 1 saturated carbocycles. The van der Waals surface area contributed by atoms with Crippen molar-refractivity contribution in [2.45, 2.75) is 71.3 Å². The van der Waals surface area contributed by atoms with Crippen LogP contribution in [0, 0.1) is 5.92 Å². The lowest BCUT2D eigenvalue weighted by Gasteiger charge is -2.33. The Morgan fingerprint density at radius 3 is 2.50 bits per heavy atom. The first-order valence-corrected chi connectivity index (χ1v) is 10.2. The van der Waals surface area contributed by atoms with Gasteiger partial charge in [-0.2, -0.15) is 0 Å². The van der Waals surface area contributed by atoms with Gasteiger partial charge in [0.15, 0.2) is 0 Å². The standard InChI is InChI=1S/C22H34N2O2/c1-3-18(2)24(22(26)20-12-8-5-9-13-20)17-15-21(25)23-16-14-19-10-6-4-7-11-19/h4,6-7,10-11,18,20H,3,5,8-9,12-17H2,1-2H3,(H,23,25). The molecule has 1 fully saturated rings. The SMILES string of the molecule is CCC(C)N(CCC(=O)NCCc1ccccc1)C(=O)C1CCCCC1. The van der Waals surface area contributed by atoms with Crippen LogP contribution in [0.2, 0.25) is 0 Å². The van der Waals surface area contributed by atoms with Gasteiger partial charge in [-0.1, -0.05) is 56.5 Å². The zero-order valence-corrected chi connectivity index (χ0v) is 16.4. The van der Waals surface area contributed by atoms with Crippen molar-refractivity contribution in [2.75, 3.05) is 13.1 Å². The molecule has 4 nitrogen and oxygen atoms in total. The van der Waals surface area contributed by atoms with Gasteiger partial charge in [0.25, 0.3) is 0 Å². The van der Waals surface area contributed by atoms with Crippen molar-refractivity contribution in [1.29, 1.82) is 0 Å². The fourth-order valence-electron chi connectivity index (χ4n) is 3.65. The largest absolute Gasteiger partial charge is 0.356 e. The van der Waals surface area contributed by atoms with Gasteiger partial charge in [0.05, 0.1) is 0 Å². The second-order valence-electron chi connectivity index (χ2n) is 7.46. The van der Waals surface area contributed by atoms with Crippen LogP contribution in [0.4, 0.5) is 0 Å². The zero-order valence-electron chi connectivity index (χ0n) is 16.4. The van der Waals surface area contributed by atoms with Crippen LogP contribution in [0.1, 0.15) is 64.4 Å². The zero-order chi connectivity index (χ0) is 18.8. The second kappa shape index (κ2) is 11.0. The summed E-state index contributed by atoms with van der Waals surface area (Å²) < 4.78 is 0. The van der Waals surface area contributed by atoms with E-state index >= 15 is 0 Å². The Kier molecular flexibility index (Phi) is 8.66. The van der Waals surface area contributed by atoms with Crippen LogP contribution in [-0.4, -0.2) is 35.8 Å². The molecule has 2 amide bonds. The molecule has 26 heavy (non-hydrogen) atoms. The molecule has 1 aromatic rings. The predicted octanol–water partition coefficient (Wildman–Crippen LogP) is 3.94. The minimum Gasteiger partial charge on any atom is -0.356 e. The van der Waals surface area contributed by atoms with Crippen molar-refractivity contribution in [2.24, 2.45) is 5.92 Å². The number of carbonyl (C=O) groups is 2. The van der Waals surface area contributed by atoms with Crippen molar-refractivity contribution >= 4 is 11.8 Å². The van der Waals surface area contributed by atoms with E-state index in [1.807, 2.05) is 23.1 Å². The molecule has 144 valence electrons. The van der Waals surface area contributed by atoms with Crippen LogP contribution < -0.4 is 5.32 Å². The van der Waals surface area contributed by atoms with Crippen LogP contribution in [0.25, 0.3) is 0 Å². The second-order valence-corrected chi connectivity index (χ2v) is 7.46. The molecule has 0 aliphatic heterocycles. The Hall–Kier alpha value is -1.84. The van der Waals surface area contributed by atoms with Crippen LogP contribution >= 0.6 is 0 Å². The molecule has 0 radical (unpaired) electrons. The van der Waals surface area contributed by atoms with Crippen LogP contribution in [-0.2, 0) is 16.0 Å². The van der Waals surface area contributed by atoms with E-state index in [0.717, 1.165) is 38.5 Å². The fourth-order valence-corrected chi connectivity index (χ4v) is 3.65. The molecule has 1 aliphatic rings. The Morgan fingerprint density at radius 1 is 1.15 bits per heavy atom. The van der Waals surface area contributed by atoms with Crippen molar-refractivity contribution in [3.05, 3.63) is 35.9 Å². The van der Waals surface area contributed by atoms with Gasteiger partial charge >= 0.3 is 0 Å². The molecule has 0 heterocycles. The minimum absolute atomic E-state index is 0.0330. The number of nitrogens with zero attached hydrogens (tertiary/aromatic N) is 1. The van der Waals surface area contributed by atoms with Gasteiger partial charge in [0, 0.05) is 31.5 Å². The molecule has 0 spiro atoms. The summed E-state index contributed by atoms with van der Waals surface area (Å²) in [7, 11) is 0. The normalized spacial score (nSPS) is 16.1. The molecule has 0 aromatic heterocycles. The molecule has 1 aromatic carbocycles. The van der Waals surface area contributed by atoms with Crippen LogP contribution in [0.15, 0.2) is 30.3 Å². The molecule has 0 saturated heterocycles. The highest BCUT2D eigenvalue weighted by Crippen LogP contribution is 2.26. The van der Waals surface area contributed by atoms with Crippen LogP contribution in [0.5, 0.6) is 0 Å². The maximum atomic E-state index is 12.9. The number of amides is 2. The molecule has 4 heteroatoms. The number of carbonyl (C=O) groups excluding carboxylic acids is 2. The molecule has 1 atom stereocenters. The minimum atomic E-state index is 0.0330. The summed E-state index contributed by atoms with van der Waals surface area (Å²) in [6, 6.07) is 10.4. The first-order chi connectivity index (χ1) is 12.6. The van der Waals surface area contributed by atoms with Gasteiger partial charge in [-0.3, -0.25) is 9.59 Å². The van der Waals surface area contributed by atoms with E-state index in [1.165, 1.54) is 12.0 Å². The van der Waals surface area contributed by atoms with E-state index in [1.54, 1.807) is 0 Å². The van der Waals surface area contributed by atoms with E-state index in [2.05, 4.69) is 31.3 Å². The van der Waals surface area contributed by atoms with Crippen LogP contribution in [0.3, 0.4) is 0 Å². The maximum Gasteiger partial charge on any atom is 0.225 e. The van der Waals surface area contributed by atoms with E-state index in [0.29, 0.717) is 19.5 Å². The summed E-state index contributed by atoms with van der Waals surface area (Å²) in [5, 5.41) is 2.99. The third-order valence-corrected chi connectivity index (χ3v) is 5.52. The average molecular weight is 359 g/mol. The van der Waals surface area contributed by atoms with Gasteiger partial charge in [-0.05, 0) is 38.2 Å². The summed E-state index contributed by atoms with van der Waals surface area (Å²) in [6.45, 7) is 5.37. The maximum absolute atomic E-state index is 12.9. The van der Waals surface area contributed by atoms with E-state index in [9.17, 15) is 9.59 Å². The third-order valence-electron chi connectivity index (χ3n) is 5.52. The van der Waals surface area contributed by atoms with Gasteiger partial charge in [0.1, 0.15) is 0 Å². The molecule has 0 bridgehead atoms. The number of hydrogen-bond donors (Lipinski definition) is 1. The lowest BCUT2D eigenvalue weighted by atomic mass is 9.88. The topological polar surface area (TPSA) is 49.4 Å². The number of hydrogen-bond acceptors (Lipinski definition) is 2. The summed E-state index contributed by atoms with van der Waals surface area (Å²) in [6.07, 6.45) is 7.73. The molecular weight excluding hydrogens is 324 g/mol. The highest BCUT2D eigenvalue weighted by molar-refractivity contribution is 5.81. The van der Waals surface area contributed by atoms with Gasteiger partial charge < -0.3 is 10.2 Å². The smallest absolute Gasteiger partial charge is 0.225 e. The van der Waals surface area contributed by atoms with E-state index in [4.69, 9.17) is 0 Å². The highest BCUT2D eigenvalue weighted by Gasteiger charge is 2.28. The summed E-state index contributed by atoms with van der Waals surface area (Å²) >= 11 is 0. The summed E-state index contributed by atoms with van der Waals surface area (Å²) in [4.78, 5) is 27.1. The Morgan fingerprint density at radius 2 is 1.85 bits per heavy atom. The van der Waals surface area contributed by atoms with Crippen molar-refractivity contribution in [1.82, 2.24) is 10.2 Å². The lowest BCUT2D eigenvalue weighted by molar-refractivity contribution is -0.139. The van der Waals surface area contributed by atoms with Crippen molar-refractivity contribution in [3.8, 4) is 0 Å². The number of rotatable bonds is 9. The Labute approximate surface area is 158 Å². The quantitative estimate of drug-likeness (QED) is 0.727. The third kappa shape index (κ3) is 6.47. The monoisotopic (exact) mass is 358 g/mol. The Bertz CT molecular complexity index is 553. The highest BCUT2D eigenvalue weighted by atomic mass is 16.2. The average Bonchev–Trinajstić information content (AvgIpc) is 2.69. The molecule has 1 unspecified atom stereocenters.